The van der Waals surface area contributed by atoms with E-state index in [-0.39, 0.29) is 24.4 Å². The number of ether oxygens (including phenoxy) is 1. The van der Waals surface area contributed by atoms with Crippen LogP contribution in [0.15, 0.2) is 48.5 Å². The van der Waals surface area contributed by atoms with Crippen molar-refractivity contribution < 1.29 is 13.9 Å². The second-order valence-corrected chi connectivity index (χ2v) is 5.89. The number of carbonyl (C=O) groups is 1. The fourth-order valence-corrected chi connectivity index (χ4v) is 2.41. The van der Waals surface area contributed by atoms with Crippen LogP contribution in [0.4, 0.5) is 4.39 Å². The fourth-order valence-electron chi connectivity index (χ4n) is 2.41. The van der Waals surface area contributed by atoms with Gasteiger partial charge in [-0.1, -0.05) is 30.3 Å². The van der Waals surface area contributed by atoms with Gasteiger partial charge in [-0.2, -0.15) is 0 Å². The van der Waals surface area contributed by atoms with Gasteiger partial charge in [-0.3, -0.25) is 4.79 Å². The smallest absolute Gasteiger partial charge is 0.258 e. The van der Waals surface area contributed by atoms with Gasteiger partial charge in [0.1, 0.15) is 11.6 Å². The SMILES string of the molecule is Cc1ccccc1OCC(=O)NC[C@H](c1ccc(F)cc1)N(C)C. The lowest BCUT2D eigenvalue weighted by Gasteiger charge is -2.25. The van der Waals surface area contributed by atoms with Gasteiger partial charge < -0.3 is 15.0 Å². The quantitative estimate of drug-likeness (QED) is 0.849. The minimum absolute atomic E-state index is 0.0333. The second kappa shape index (κ2) is 8.45. The zero-order chi connectivity index (χ0) is 17.5. The van der Waals surface area contributed by atoms with Gasteiger partial charge in [-0.05, 0) is 50.3 Å². The summed E-state index contributed by atoms with van der Waals surface area (Å²) in [6, 6.07) is 13.8. The Kier molecular flexibility index (Phi) is 6.32. The molecule has 0 aliphatic heterocycles. The zero-order valence-corrected chi connectivity index (χ0v) is 14.3. The number of benzene rings is 2. The van der Waals surface area contributed by atoms with Crippen molar-refractivity contribution in [2.24, 2.45) is 0 Å². The maximum absolute atomic E-state index is 13.1. The second-order valence-electron chi connectivity index (χ2n) is 5.89. The number of hydrogen-bond acceptors (Lipinski definition) is 3. The molecular formula is C19H23FN2O2. The van der Waals surface area contributed by atoms with E-state index < -0.39 is 0 Å². The summed E-state index contributed by atoms with van der Waals surface area (Å²) >= 11 is 0. The predicted molar refractivity (Wildman–Crippen MR) is 92.5 cm³/mol. The van der Waals surface area contributed by atoms with Crippen LogP contribution in [0.1, 0.15) is 17.2 Å². The summed E-state index contributed by atoms with van der Waals surface area (Å²) in [5, 5.41) is 2.87. The van der Waals surface area contributed by atoms with Crippen LogP contribution in [0.3, 0.4) is 0 Å². The van der Waals surface area contributed by atoms with Crippen molar-refractivity contribution in [2.45, 2.75) is 13.0 Å². The summed E-state index contributed by atoms with van der Waals surface area (Å²) in [6.07, 6.45) is 0. The molecule has 4 nitrogen and oxygen atoms in total. The average Bonchev–Trinajstić information content (AvgIpc) is 2.55. The molecule has 0 unspecified atom stereocenters. The van der Waals surface area contributed by atoms with Crippen molar-refractivity contribution in [1.82, 2.24) is 10.2 Å². The van der Waals surface area contributed by atoms with Crippen LogP contribution in [0.5, 0.6) is 5.75 Å². The molecule has 0 heterocycles. The lowest BCUT2D eigenvalue weighted by atomic mass is 10.1. The third kappa shape index (κ3) is 5.06. The van der Waals surface area contributed by atoms with Crippen LogP contribution in [0.25, 0.3) is 0 Å². The van der Waals surface area contributed by atoms with E-state index in [2.05, 4.69) is 5.32 Å². The Morgan fingerprint density at radius 3 is 2.46 bits per heavy atom. The molecule has 0 aliphatic carbocycles. The predicted octanol–water partition coefficient (Wildman–Crippen LogP) is 2.93. The van der Waals surface area contributed by atoms with Crippen LogP contribution >= 0.6 is 0 Å². The Labute approximate surface area is 142 Å². The number of nitrogens with one attached hydrogen (secondary N) is 1. The monoisotopic (exact) mass is 330 g/mol. The Morgan fingerprint density at radius 2 is 1.83 bits per heavy atom. The number of carbonyl (C=O) groups excluding carboxylic acids is 1. The van der Waals surface area contributed by atoms with E-state index in [1.807, 2.05) is 50.2 Å². The van der Waals surface area contributed by atoms with Crippen LogP contribution in [-0.4, -0.2) is 38.1 Å². The van der Waals surface area contributed by atoms with E-state index in [0.717, 1.165) is 11.1 Å². The van der Waals surface area contributed by atoms with Crippen molar-refractivity contribution in [2.75, 3.05) is 27.2 Å². The minimum atomic E-state index is -0.271. The average molecular weight is 330 g/mol. The molecule has 2 aromatic rings. The molecule has 0 saturated carbocycles. The number of amides is 1. The standard InChI is InChI=1S/C19H23FN2O2/c1-14-6-4-5-7-18(14)24-13-19(23)21-12-17(22(2)3)15-8-10-16(20)11-9-15/h4-11,17H,12-13H2,1-3H3,(H,21,23)/t17-/m1/s1. The van der Waals surface area contributed by atoms with E-state index >= 15 is 0 Å². The highest BCUT2D eigenvalue weighted by atomic mass is 19.1. The molecule has 0 bridgehead atoms. The van der Waals surface area contributed by atoms with Gasteiger partial charge >= 0.3 is 0 Å². The summed E-state index contributed by atoms with van der Waals surface area (Å²) in [7, 11) is 3.84. The molecule has 128 valence electrons. The molecule has 0 saturated heterocycles. The topological polar surface area (TPSA) is 41.6 Å². The summed E-state index contributed by atoms with van der Waals surface area (Å²) in [5.74, 6) is 0.245. The highest BCUT2D eigenvalue weighted by Gasteiger charge is 2.15. The first kappa shape index (κ1) is 17.9. The third-order valence-corrected chi connectivity index (χ3v) is 3.82. The van der Waals surface area contributed by atoms with E-state index in [1.54, 1.807) is 12.1 Å². The van der Waals surface area contributed by atoms with Crippen LogP contribution in [-0.2, 0) is 4.79 Å². The van der Waals surface area contributed by atoms with Gasteiger partial charge in [0.05, 0.1) is 6.04 Å². The van der Waals surface area contributed by atoms with Crippen molar-refractivity contribution in [3.63, 3.8) is 0 Å². The maximum atomic E-state index is 13.1. The van der Waals surface area contributed by atoms with Crippen molar-refractivity contribution in [3.05, 3.63) is 65.5 Å². The number of halogens is 1. The molecule has 0 aliphatic rings. The molecule has 2 aromatic carbocycles. The molecular weight excluding hydrogens is 307 g/mol. The van der Waals surface area contributed by atoms with Crippen LogP contribution < -0.4 is 10.1 Å². The minimum Gasteiger partial charge on any atom is -0.484 e. The summed E-state index contributed by atoms with van der Waals surface area (Å²) in [5.41, 5.74) is 1.93. The van der Waals surface area contributed by atoms with E-state index in [4.69, 9.17) is 4.74 Å². The van der Waals surface area contributed by atoms with E-state index in [9.17, 15) is 9.18 Å². The summed E-state index contributed by atoms with van der Waals surface area (Å²) in [4.78, 5) is 14.0. The van der Waals surface area contributed by atoms with Gasteiger partial charge in [0.15, 0.2) is 6.61 Å². The van der Waals surface area contributed by atoms with Crippen molar-refractivity contribution >= 4 is 5.91 Å². The molecule has 2 rings (SSSR count). The Morgan fingerprint density at radius 1 is 1.17 bits per heavy atom. The van der Waals surface area contributed by atoms with Gasteiger partial charge in [-0.15, -0.1) is 0 Å². The van der Waals surface area contributed by atoms with Gasteiger partial charge in [0.25, 0.3) is 5.91 Å². The third-order valence-electron chi connectivity index (χ3n) is 3.82. The number of aryl methyl sites for hydroxylation is 1. The summed E-state index contributed by atoms with van der Waals surface area (Å²) < 4.78 is 18.6. The number of nitrogens with zero attached hydrogens (tertiary/aromatic N) is 1. The molecule has 1 atom stereocenters. The van der Waals surface area contributed by atoms with Crippen LogP contribution in [0.2, 0.25) is 0 Å². The number of likely N-dealkylation sites (N-methyl/N-ethyl adjacent to an activating group) is 1. The van der Waals surface area contributed by atoms with Gasteiger partial charge in [-0.25, -0.2) is 4.39 Å². The molecule has 0 fully saturated rings. The first-order valence-corrected chi connectivity index (χ1v) is 7.84. The highest BCUT2D eigenvalue weighted by Crippen LogP contribution is 2.18. The lowest BCUT2D eigenvalue weighted by molar-refractivity contribution is -0.123. The number of hydrogen-bond donors (Lipinski definition) is 1. The molecule has 0 spiro atoms. The van der Waals surface area contributed by atoms with Crippen molar-refractivity contribution in [1.29, 1.82) is 0 Å². The molecule has 1 N–H and O–H groups in total. The zero-order valence-electron chi connectivity index (χ0n) is 14.3. The highest BCUT2D eigenvalue weighted by molar-refractivity contribution is 5.77. The molecule has 5 heteroatoms. The number of para-hydroxylation sites is 1. The Balaban J connectivity index is 1.88. The molecule has 0 radical (unpaired) electrons. The lowest BCUT2D eigenvalue weighted by Crippen LogP contribution is -2.36. The molecule has 1 amide bonds. The Hall–Kier alpha value is -2.40. The first-order valence-electron chi connectivity index (χ1n) is 7.84. The first-order chi connectivity index (χ1) is 11.5. The number of rotatable bonds is 7. The van der Waals surface area contributed by atoms with E-state index in [0.29, 0.717) is 12.3 Å². The van der Waals surface area contributed by atoms with Gasteiger partial charge in [0.2, 0.25) is 0 Å². The van der Waals surface area contributed by atoms with Crippen molar-refractivity contribution in [3.8, 4) is 5.75 Å². The largest absolute Gasteiger partial charge is 0.484 e. The summed E-state index contributed by atoms with van der Waals surface area (Å²) in [6.45, 7) is 2.33. The van der Waals surface area contributed by atoms with Crippen LogP contribution in [0, 0.1) is 12.7 Å². The molecule has 0 aromatic heterocycles. The Bertz CT molecular complexity index is 671. The molecule has 24 heavy (non-hydrogen) atoms. The fraction of sp³-hybridized carbons (Fsp3) is 0.316. The van der Waals surface area contributed by atoms with E-state index in [1.165, 1.54) is 12.1 Å². The normalized spacial score (nSPS) is 12.0. The maximum Gasteiger partial charge on any atom is 0.258 e. The van der Waals surface area contributed by atoms with Gasteiger partial charge in [0, 0.05) is 6.54 Å².